The molecule has 2 rings (SSSR count). The Balaban J connectivity index is 2.33. The van der Waals surface area contributed by atoms with Crippen molar-refractivity contribution in [2.45, 2.75) is 6.42 Å². The Morgan fingerprint density at radius 2 is 2.11 bits per heavy atom. The smallest absolute Gasteiger partial charge is 0.356 e. The number of halogens is 2. The lowest BCUT2D eigenvalue weighted by molar-refractivity contribution is 0.0690. The van der Waals surface area contributed by atoms with Crippen LogP contribution >= 0.6 is 11.6 Å². The highest BCUT2D eigenvalue weighted by atomic mass is 35.5. The molecule has 2 aromatic rings. The van der Waals surface area contributed by atoms with Crippen molar-refractivity contribution in [1.82, 2.24) is 9.97 Å². The standard InChI is InChI=1S/C12H8ClFN2O2/c13-8-6-15-10(16-11(8)12(17)18)5-7-3-1-2-4-9(7)14/h1-4,6H,5H2,(H,17,18). The van der Waals surface area contributed by atoms with E-state index < -0.39 is 5.97 Å². The van der Waals surface area contributed by atoms with Crippen LogP contribution in [0.4, 0.5) is 4.39 Å². The number of carboxylic acid groups (broad SMARTS) is 1. The third-order valence-corrected chi connectivity index (χ3v) is 2.58. The number of benzene rings is 1. The van der Waals surface area contributed by atoms with Gasteiger partial charge in [0.05, 0.1) is 11.2 Å². The highest BCUT2D eigenvalue weighted by molar-refractivity contribution is 6.33. The van der Waals surface area contributed by atoms with E-state index in [1.807, 2.05) is 0 Å². The molecule has 0 spiro atoms. The van der Waals surface area contributed by atoms with Gasteiger partial charge in [0.2, 0.25) is 0 Å². The van der Waals surface area contributed by atoms with Gasteiger partial charge in [0.15, 0.2) is 5.69 Å². The Hall–Kier alpha value is -2.01. The van der Waals surface area contributed by atoms with Crippen LogP contribution in [0.2, 0.25) is 5.02 Å². The predicted octanol–water partition coefficient (Wildman–Crippen LogP) is 2.56. The third-order valence-electron chi connectivity index (χ3n) is 2.30. The van der Waals surface area contributed by atoms with Crippen LogP contribution in [0.3, 0.4) is 0 Å². The van der Waals surface area contributed by atoms with Crippen LogP contribution < -0.4 is 0 Å². The summed E-state index contributed by atoms with van der Waals surface area (Å²) >= 11 is 5.65. The fraction of sp³-hybridized carbons (Fsp3) is 0.0833. The zero-order chi connectivity index (χ0) is 13.1. The maximum Gasteiger partial charge on any atom is 0.356 e. The fourth-order valence-electron chi connectivity index (χ4n) is 1.45. The zero-order valence-electron chi connectivity index (χ0n) is 9.10. The Morgan fingerprint density at radius 3 is 2.78 bits per heavy atom. The van der Waals surface area contributed by atoms with Gasteiger partial charge in [-0.1, -0.05) is 29.8 Å². The SMILES string of the molecule is O=C(O)c1nc(Cc2ccccc2F)ncc1Cl. The van der Waals surface area contributed by atoms with Crippen LogP contribution in [0.25, 0.3) is 0 Å². The molecule has 0 bridgehead atoms. The molecule has 0 aliphatic rings. The second kappa shape index (κ2) is 5.10. The highest BCUT2D eigenvalue weighted by Gasteiger charge is 2.13. The van der Waals surface area contributed by atoms with Gasteiger partial charge in [0.1, 0.15) is 11.6 Å². The van der Waals surface area contributed by atoms with Crippen LogP contribution in [0.1, 0.15) is 21.9 Å². The molecule has 0 radical (unpaired) electrons. The normalized spacial score (nSPS) is 10.3. The van der Waals surface area contributed by atoms with E-state index in [2.05, 4.69) is 9.97 Å². The summed E-state index contributed by atoms with van der Waals surface area (Å²) in [6.45, 7) is 0. The summed E-state index contributed by atoms with van der Waals surface area (Å²) in [4.78, 5) is 18.5. The number of hydrogen-bond donors (Lipinski definition) is 1. The predicted molar refractivity (Wildman–Crippen MR) is 63.2 cm³/mol. The maximum atomic E-state index is 13.4. The number of nitrogens with zero attached hydrogens (tertiary/aromatic N) is 2. The minimum Gasteiger partial charge on any atom is -0.476 e. The Morgan fingerprint density at radius 1 is 1.39 bits per heavy atom. The van der Waals surface area contributed by atoms with Crippen molar-refractivity contribution in [2.24, 2.45) is 0 Å². The monoisotopic (exact) mass is 266 g/mol. The molecule has 0 atom stereocenters. The minimum atomic E-state index is -1.24. The van der Waals surface area contributed by atoms with Gasteiger partial charge in [-0.3, -0.25) is 0 Å². The second-order valence-electron chi connectivity index (χ2n) is 3.56. The van der Waals surface area contributed by atoms with Gasteiger partial charge in [-0.25, -0.2) is 19.2 Å². The minimum absolute atomic E-state index is 0.0419. The number of carbonyl (C=O) groups is 1. The molecule has 0 fully saturated rings. The number of aromatic carboxylic acids is 1. The summed E-state index contributed by atoms with van der Waals surface area (Å²) in [5.74, 6) is -1.41. The molecule has 1 aromatic carbocycles. The van der Waals surface area contributed by atoms with E-state index in [1.54, 1.807) is 18.2 Å². The van der Waals surface area contributed by atoms with Crippen LogP contribution in [0.15, 0.2) is 30.5 Å². The third kappa shape index (κ3) is 2.62. The largest absolute Gasteiger partial charge is 0.476 e. The molecule has 4 nitrogen and oxygen atoms in total. The number of carboxylic acids is 1. The molecule has 1 N–H and O–H groups in total. The van der Waals surface area contributed by atoms with E-state index in [0.717, 1.165) is 0 Å². The lowest BCUT2D eigenvalue weighted by Gasteiger charge is -2.04. The summed E-state index contributed by atoms with van der Waals surface area (Å²) in [6, 6.07) is 6.17. The van der Waals surface area contributed by atoms with Crippen molar-refractivity contribution in [3.8, 4) is 0 Å². The van der Waals surface area contributed by atoms with Gasteiger partial charge in [0, 0.05) is 6.42 Å². The Bertz CT molecular complexity index is 604. The Kier molecular flexibility index (Phi) is 3.53. The molecular weight excluding hydrogens is 259 g/mol. The topological polar surface area (TPSA) is 63.1 Å². The van der Waals surface area contributed by atoms with Crippen molar-refractivity contribution in [2.75, 3.05) is 0 Å². The second-order valence-corrected chi connectivity index (χ2v) is 3.96. The van der Waals surface area contributed by atoms with Crippen LogP contribution in [-0.4, -0.2) is 21.0 Å². The molecule has 0 aliphatic carbocycles. The molecule has 92 valence electrons. The fourth-order valence-corrected chi connectivity index (χ4v) is 1.62. The first-order chi connectivity index (χ1) is 8.58. The summed E-state index contributed by atoms with van der Waals surface area (Å²) in [5, 5.41) is 8.82. The van der Waals surface area contributed by atoms with Gasteiger partial charge in [0.25, 0.3) is 0 Å². The number of aromatic nitrogens is 2. The quantitative estimate of drug-likeness (QED) is 0.927. The van der Waals surface area contributed by atoms with E-state index in [-0.39, 0.29) is 28.8 Å². The van der Waals surface area contributed by atoms with Gasteiger partial charge in [-0.05, 0) is 11.6 Å². The van der Waals surface area contributed by atoms with Crippen molar-refractivity contribution in [3.63, 3.8) is 0 Å². The number of rotatable bonds is 3. The van der Waals surface area contributed by atoms with Crippen molar-refractivity contribution in [1.29, 1.82) is 0 Å². The van der Waals surface area contributed by atoms with Gasteiger partial charge >= 0.3 is 5.97 Å². The first-order valence-electron chi connectivity index (χ1n) is 5.06. The molecular formula is C12H8ClFN2O2. The van der Waals surface area contributed by atoms with E-state index in [9.17, 15) is 9.18 Å². The molecule has 18 heavy (non-hydrogen) atoms. The lowest BCUT2D eigenvalue weighted by Crippen LogP contribution is -2.07. The first kappa shape index (κ1) is 12.4. The molecule has 0 unspecified atom stereocenters. The molecule has 1 aromatic heterocycles. The molecule has 0 saturated heterocycles. The van der Waals surface area contributed by atoms with E-state index in [1.165, 1.54) is 12.3 Å². The van der Waals surface area contributed by atoms with E-state index >= 15 is 0 Å². The van der Waals surface area contributed by atoms with Gasteiger partial charge in [-0.15, -0.1) is 0 Å². The van der Waals surface area contributed by atoms with Crippen LogP contribution in [0.5, 0.6) is 0 Å². The lowest BCUT2D eigenvalue weighted by atomic mass is 10.1. The molecule has 0 saturated carbocycles. The van der Waals surface area contributed by atoms with Crippen molar-refractivity contribution in [3.05, 3.63) is 58.4 Å². The van der Waals surface area contributed by atoms with E-state index in [4.69, 9.17) is 16.7 Å². The highest BCUT2D eigenvalue weighted by Crippen LogP contribution is 2.15. The zero-order valence-corrected chi connectivity index (χ0v) is 9.86. The molecule has 0 amide bonds. The summed E-state index contributed by atoms with van der Waals surface area (Å²) in [5.41, 5.74) is 0.120. The van der Waals surface area contributed by atoms with Crippen molar-refractivity contribution >= 4 is 17.6 Å². The van der Waals surface area contributed by atoms with Crippen LogP contribution in [-0.2, 0) is 6.42 Å². The molecule has 1 heterocycles. The Labute approximate surface area is 107 Å². The number of hydrogen-bond acceptors (Lipinski definition) is 3. The van der Waals surface area contributed by atoms with E-state index in [0.29, 0.717) is 5.56 Å². The summed E-state index contributed by atoms with van der Waals surface area (Å²) < 4.78 is 13.4. The molecule has 6 heteroatoms. The first-order valence-corrected chi connectivity index (χ1v) is 5.44. The average Bonchev–Trinajstić information content (AvgIpc) is 2.34. The molecule has 0 aliphatic heterocycles. The summed E-state index contributed by atoms with van der Waals surface area (Å²) in [7, 11) is 0. The average molecular weight is 267 g/mol. The van der Waals surface area contributed by atoms with Crippen LogP contribution in [0, 0.1) is 5.82 Å². The maximum absolute atomic E-state index is 13.4. The van der Waals surface area contributed by atoms with Gasteiger partial charge in [-0.2, -0.15) is 0 Å². The van der Waals surface area contributed by atoms with Gasteiger partial charge < -0.3 is 5.11 Å². The summed E-state index contributed by atoms with van der Waals surface area (Å²) in [6.07, 6.45) is 1.32. The van der Waals surface area contributed by atoms with Crippen molar-refractivity contribution < 1.29 is 14.3 Å².